The van der Waals surface area contributed by atoms with Crippen LogP contribution in [0, 0.1) is 0 Å². The quantitative estimate of drug-likeness (QED) is 0.505. The van der Waals surface area contributed by atoms with Crippen LogP contribution in [-0.4, -0.2) is 0 Å². The molecule has 0 saturated heterocycles. The van der Waals surface area contributed by atoms with E-state index in [0.29, 0.717) is 0 Å². The zero-order valence-electron chi connectivity index (χ0n) is 5.61. The normalized spacial score (nSPS) is 7.67. The summed E-state index contributed by atoms with van der Waals surface area (Å²) in [6, 6.07) is 0. The van der Waals surface area contributed by atoms with Crippen molar-refractivity contribution >= 4 is 0 Å². The first-order valence-electron chi connectivity index (χ1n) is 3.08. The molecule has 9 heavy (non-hydrogen) atoms. The first kappa shape index (κ1) is 11.3. The Hall–Kier alpha value is -0.520. The molecule has 0 aromatic carbocycles. The summed E-state index contributed by atoms with van der Waals surface area (Å²) in [6.07, 6.45) is 5.22. The van der Waals surface area contributed by atoms with E-state index in [1.165, 1.54) is 5.57 Å². The molecule has 0 heteroatoms. The topological polar surface area (TPSA) is 0 Å². The van der Waals surface area contributed by atoms with Crippen molar-refractivity contribution in [2.24, 2.45) is 0 Å². The van der Waals surface area contributed by atoms with E-state index < -0.39 is 0 Å². The van der Waals surface area contributed by atoms with Crippen molar-refractivity contribution in [2.75, 3.05) is 0 Å². The lowest BCUT2D eigenvalue weighted by Gasteiger charge is -1.95. The first-order valence-corrected chi connectivity index (χ1v) is 3.08. The fourth-order valence-corrected chi connectivity index (χ4v) is 0.483. The van der Waals surface area contributed by atoms with Gasteiger partial charge in [-0.3, -0.25) is 0 Å². The Morgan fingerprint density at radius 1 is 1.56 bits per heavy atom. The summed E-state index contributed by atoms with van der Waals surface area (Å²) >= 11 is 0. The van der Waals surface area contributed by atoms with E-state index in [2.05, 4.69) is 20.1 Å². The highest BCUT2D eigenvalue weighted by molar-refractivity contribution is 4.93. The van der Waals surface area contributed by atoms with E-state index in [1.54, 1.807) is 0 Å². The highest BCUT2D eigenvalue weighted by Gasteiger charge is 1.84. The molecule has 0 aliphatic heterocycles. The summed E-state index contributed by atoms with van der Waals surface area (Å²) in [5, 5.41) is 0. The molecule has 0 heterocycles. The molecular formula is C9H18. The van der Waals surface area contributed by atoms with Gasteiger partial charge in [-0.15, -0.1) is 6.58 Å². The van der Waals surface area contributed by atoms with Crippen molar-refractivity contribution in [1.82, 2.24) is 0 Å². The molecule has 0 spiro atoms. The second-order valence-electron chi connectivity index (χ2n) is 1.93. The summed E-state index contributed by atoms with van der Waals surface area (Å²) in [5.41, 5.74) is 1.32. The van der Waals surface area contributed by atoms with Crippen LogP contribution in [0.25, 0.3) is 0 Å². The third-order valence-electron chi connectivity index (χ3n) is 1.20. The molecule has 0 aliphatic rings. The van der Waals surface area contributed by atoms with E-state index in [9.17, 15) is 0 Å². The Balaban J connectivity index is 0. The largest absolute Gasteiger partial charge is 0.103 e. The van der Waals surface area contributed by atoms with Crippen molar-refractivity contribution in [2.45, 2.75) is 33.6 Å². The average molecular weight is 126 g/mol. The van der Waals surface area contributed by atoms with E-state index in [0.717, 1.165) is 19.3 Å². The minimum atomic E-state index is 0. The van der Waals surface area contributed by atoms with Crippen molar-refractivity contribution in [3.8, 4) is 0 Å². The standard InChI is InChI=1S/C8H14.CH4/c1-4-6-7-8(3)5-2;/h4H,1,3,5-7H2,2H3;1H4. The van der Waals surface area contributed by atoms with Gasteiger partial charge >= 0.3 is 0 Å². The van der Waals surface area contributed by atoms with E-state index in [4.69, 9.17) is 0 Å². The van der Waals surface area contributed by atoms with Gasteiger partial charge in [0.25, 0.3) is 0 Å². The number of allylic oxidation sites excluding steroid dienone is 2. The predicted molar refractivity (Wildman–Crippen MR) is 45.6 cm³/mol. The Labute approximate surface area is 59.3 Å². The summed E-state index contributed by atoms with van der Waals surface area (Å²) in [7, 11) is 0. The van der Waals surface area contributed by atoms with E-state index >= 15 is 0 Å². The van der Waals surface area contributed by atoms with Crippen LogP contribution in [0.3, 0.4) is 0 Å². The van der Waals surface area contributed by atoms with Gasteiger partial charge in [0.2, 0.25) is 0 Å². The third-order valence-corrected chi connectivity index (χ3v) is 1.20. The van der Waals surface area contributed by atoms with Crippen LogP contribution in [0.4, 0.5) is 0 Å². The van der Waals surface area contributed by atoms with Crippen LogP contribution in [-0.2, 0) is 0 Å². The fraction of sp³-hybridized carbons (Fsp3) is 0.556. The summed E-state index contributed by atoms with van der Waals surface area (Å²) in [5.74, 6) is 0. The smallest absolute Gasteiger partial charge is 0.0288 e. The molecular weight excluding hydrogens is 108 g/mol. The SMILES string of the molecule is C.C=CCCC(=C)CC. The lowest BCUT2D eigenvalue weighted by Crippen LogP contribution is -1.74. The Morgan fingerprint density at radius 2 is 2.11 bits per heavy atom. The molecule has 0 amide bonds. The molecule has 0 atom stereocenters. The number of rotatable bonds is 4. The van der Waals surface area contributed by atoms with Crippen LogP contribution in [0.1, 0.15) is 33.6 Å². The molecule has 0 aliphatic carbocycles. The zero-order chi connectivity index (χ0) is 6.41. The zero-order valence-corrected chi connectivity index (χ0v) is 5.61. The maximum Gasteiger partial charge on any atom is -0.0288 e. The molecule has 0 unspecified atom stereocenters. The molecule has 0 N–H and O–H groups in total. The van der Waals surface area contributed by atoms with Gasteiger partial charge in [-0.1, -0.05) is 32.6 Å². The van der Waals surface area contributed by atoms with Gasteiger partial charge in [-0.05, 0) is 19.3 Å². The lowest BCUT2D eigenvalue weighted by atomic mass is 10.1. The van der Waals surface area contributed by atoms with Gasteiger partial charge < -0.3 is 0 Å². The molecule has 0 radical (unpaired) electrons. The molecule has 0 saturated carbocycles. The van der Waals surface area contributed by atoms with Gasteiger partial charge in [0.1, 0.15) is 0 Å². The second kappa shape index (κ2) is 7.48. The van der Waals surface area contributed by atoms with Gasteiger partial charge in [0.15, 0.2) is 0 Å². The molecule has 0 aromatic heterocycles. The number of hydrogen-bond acceptors (Lipinski definition) is 0. The Morgan fingerprint density at radius 3 is 2.44 bits per heavy atom. The minimum absolute atomic E-state index is 0. The van der Waals surface area contributed by atoms with E-state index in [1.807, 2.05) is 6.08 Å². The maximum absolute atomic E-state index is 3.86. The van der Waals surface area contributed by atoms with Crippen molar-refractivity contribution < 1.29 is 0 Å². The fourth-order valence-electron chi connectivity index (χ4n) is 0.483. The van der Waals surface area contributed by atoms with Crippen LogP contribution < -0.4 is 0 Å². The molecule has 0 rings (SSSR count). The Bertz CT molecular complexity index is 80.0. The van der Waals surface area contributed by atoms with Crippen molar-refractivity contribution in [3.05, 3.63) is 24.8 Å². The van der Waals surface area contributed by atoms with Gasteiger partial charge in [-0.25, -0.2) is 0 Å². The molecule has 0 nitrogen and oxygen atoms in total. The van der Waals surface area contributed by atoms with Crippen LogP contribution in [0.5, 0.6) is 0 Å². The van der Waals surface area contributed by atoms with Crippen LogP contribution in [0.2, 0.25) is 0 Å². The van der Waals surface area contributed by atoms with Gasteiger partial charge in [0, 0.05) is 0 Å². The molecule has 54 valence electrons. The average Bonchev–Trinajstić information content (AvgIpc) is 1.83. The Kier molecular flexibility index (Phi) is 9.39. The predicted octanol–water partition coefficient (Wildman–Crippen LogP) is 3.55. The van der Waals surface area contributed by atoms with Crippen molar-refractivity contribution in [3.63, 3.8) is 0 Å². The van der Waals surface area contributed by atoms with Gasteiger partial charge in [-0.2, -0.15) is 0 Å². The van der Waals surface area contributed by atoms with Crippen LogP contribution in [0.15, 0.2) is 24.8 Å². The second-order valence-corrected chi connectivity index (χ2v) is 1.93. The maximum atomic E-state index is 3.86. The number of hydrogen-bond donors (Lipinski definition) is 0. The summed E-state index contributed by atoms with van der Waals surface area (Å²) < 4.78 is 0. The highest BCUT2D eigenvalue weighted by atomic mass is 13.9. The minimum Gasteiger partial charge on any atom is -0.103 e. The molecule has 0 aromatic rings. The van der Waals surface area contributed by atoms with Gasteiger partial charge in [0.05, 0.1) is 0 Å². The molecule has 0 bridgehead atoms. The lowest BCUT2D eigenvalue weighted by molar-refractivity contribution is 0.916. The van der Waals surface area contributed by atoms with E-state index in [-0.39, 0.29) is 7.43 Å². The van der Waals surface area contributed by atoms with Crippen molar-refractivity contribution in [1.29, 1.82) is 0 Å². The highest BCUT2D eigenvalue weighted by Crippen LogP contribution is 2.05. The monoisotopic (exact) mass is 126 g/mol. The molecule has 0 fully saturated rings. The summed E-state index contributed by atoms with van der Waals surface area (Å²) in [4.78, 5) is 0. The third kappa shape index (κ3) is 7.48. The van der Waals surface area contributed by atoms with Crippen LogP contribution >= 0.6 is 0 Å². The first-order chi connectivity index (χ1) is 3.81. The summed E-state index contributed by atoms with van der Waals surface area (Å²) in [6.45, 7) is 9.62.